The van der Waals surface area contributed by atoms with Gasteiger partial charge in [0.1, 0.15) is 5.82 Å². The van der Waals surface area contributed by atoms with E-state index in [2.05, 4.69) is 26.8 Å². The lowest BCUT2D eigenvalue weighted by atomic mass is 9.69. The Balaban J connectivity index is 2.48. The Labute approximate surface area is 91.5 Å². The second kappa shape index (κ2) is 3.62. The van der Waals surface area contributed by atoms with Crippen molar-refractivity contribution in [3.05, 3.63) is 35.1 Å². The molecule has 0 saturated carbocycles. The topological polar surface area (TPSA) is 0 Å². The van der Waals surface area contributed by atoms with Gasteiger partial charge in [-0.25, -0.2) is 4.39 Å². The third-order valence-corrected chi connectivity index (χ3v) is 3.50. The standard InChI is InChI=1S/C14H19F/c1-14(2,3)12-8-4-7-11-10(12)6-5-9-13(11)15/h5-6,9,12H,4,7-8H2,1-3H3. The summed E-state index contributed by atoms with van der Waals surface area (Å²) in [7, 11) is 0. The second-order valence-corrected chi connectivity index (χ2v) is 5.62. The Hall–Kier alpha value is -0.850. The molecule has 1 atom stereocenters. The first-order chi connectivity index (χ1) is 7.00. The van der Waals surface area contributed by atoms with Gasteiger partial charge in [0, 0.05) is 0 Å². The van der Waals surface area contributed by atoms with E-state index in [1.807, 2.05) is 6.07 Å². The summed E-state index contributed by atoms with van der Waals surface area (Å²) in [5.74, 6) is 0.499. The van der Waals surface area contributed by atoms with E-state index in [-0.39, 0.29) is 11.2 Å². The predicted molar refractivity (Wildman–Crippen MR) is 61.5 cm³/mol. The Bertz CT molecular complexity index is 360. The normalized spacial score (nSPS) is 21.2. The number of hydrogen-bond donors (Lipinski definition) is 0. The highest BCUT2D eigenvalue weighted by molar-refractivity contribution is 5.35. The summed E-state index contributed by atoms with van der Waals surface area (Å²) in [6.45, 7) is 6.74. The molecule has 0 nitrogen and oxygen atoms in total. The summed E-state index contributed by atoms with van der Waals surface area (Å²) < 4.78 is 13.6. The van der Waals surface area contributed by atoms with Gasteiger partial charge >= 0.3 is 0 Å². The number of hydrogen-bond acceptors (Lipinski definition) is 0. The van der Waals surface area contributed by atoms with Crippen molar-refractivity contribution >= 4 is 0 Å². The molecule has 15 heavy (non-hydrogen) atoms. The van der Waals surface area contributed by atoms with Crippen LogP contribution >= 0.6 is 0 Å². The highest BCUT2D eigenvalue weighted by Gasteiger charge is 2.31. The van der Waals surface area contributed by atoms with E-state index >= 15 is 0 Å². The minimum atomic E-state index is -0.0125. The van der Waals surface area contributed by atoms with Gasteiger partial charge in [0.15, 0.2) is 0 Å². The van der Waals surface area contributed by atoms with Crippen LogP contribution in [-0.4, -0.2) is 0 Å². The Morgan fingerprint density at radius 3 is 2.67 bits per heavy atom. The van der Waals surface area contributed by atoms with Crippen LogP contribution < -0.4 is 0 Å². The molecule has 0 bridgehead atoms. The van der Waals surface area contributed by atoms with Crippen molar-refractivity contribution in [1.82, 2.24) is 0 Å². The molecular weight excluding hydrogens is 187 g/mol. The van der Waals surface area contributed by atoms with E-state index in [4.69, 9.17) is 0 Å². The largest absolute Gasteiger partial charge is 0.207 e. The Morgan fingerprint density at radius 2 is 2.00 bits per heavy atom. The van der Waals surface area contributed by atoms with Crippen LogP contribution in [0.4, 0.5) is 4.39 Å². The summed E-state index contributed by atoms with van der Waals surface area (Å²) in [6, 6.07) is 5.54. The fourth-order valence-electron chi connectivity index (χ4n) is 2.70. The molecule has 0 aliphatic heterocycles. The van der Waals surface area contributed by atoms with Crippen molar-refractivity contribution in [2.45, 2.75) is 46.0 Å². The van der Waals surface area contributed by atoms with Gasteiger partial charge < -0.3 is 0 Å². The minimum Gasteiger partial charge on any atom is -0.207 e. The zero-order valence-corrected chi connectivity index (χ0v) is 9.81. The molecular formula is C14H19F. The number of fused-ring (bicyclic) bond motifs is 1. The van der Waals surface area contributed by atoms with E-state index in [1.54, 1.807) is 6.07 Å². The fraction of sp³-hybridized carbons (Fsp3) is 0.571. The molecule has 0 fully saturated rings. The van der Waals surface area contributed by atoms with Crippen LogP contribution in [0.15, 0.2) is 18.2 Å². The van der Waals surface area contributed by atoms with Gasteiger partial charge in [-0.3, -0.25) is 0 Å². The third kappa shape index (κ3) is 1.92. The molecule has 0 spiro atoms. The quantitative estimate of drug-likeness (QED) is 0.594. The van der Waals surface area contributed by atoms with Gasteiger partial charge in [-0.15, -0.1) is 0 Å². The van der Waals surface area contributed by atoms with Crippen molar-refractivity contribution < 1.29 is 4.39 Å². The SMILES string of the molecule is CC(C)(C)C1CCCc2c(F)cccc21. The van der Waals surface area contributed by atoms with Gasteiger partial charge in [-0.2, -0.15) is 0 Å². The zero-order valence-electron chi connectivity index (χ0n) is 9.81. The molecule has 1 unspecified atom stereocenters. The second-order valence-electron chi connectivity index (χ2n) is 5.62. The monoisotopic (exact) mass is 206 g/mol. The molecule has 1 aromatic carbocycles. The van der Waals surface area contributed by atoms with Gasteiger partial charge in [-0.1, -0.05) is 32.9 Å². The van der Waals surface area contributed by atoms with Crippen molar-refractivity contribution in [2.24, 2.45) is 5.41 Å². The smallest absolute Gasteiger partial charge is 0.126 e. The van der Waals surface area contributed by atoms with Crippen LogP contribution in [0.3, 0.4) is 0 Å². The maximum absolute atomic E-state index is 13.6. The highest BCUT2D eigenvalue weighted by Crippen LogP contribution is 2.43. The summed E-state index contributed by atoms with van der Waals surface area (Å²) in [5.41, 5.74) is 2.45. The summed E-state index contributed by atoms with van der Waals surface area (Å²) in [6.07, 6.45) is 3.23. The van der Waals surface area contributed by atoms with E-state index < -0.39 is 0 Å². The minimum absolute atomic E-state index is 0.0125. The average molecular weight is 206 g/mol. The van der Waals surface area contributed by atoms with Crippen LogP contribution in [0.5, 0.6) is 0 Å². The number of rotatable bonds is 0. The predicted octanol–water partition coefficient (Wildman–Crippen LogP) is 4.29. The first-order valence-corrected chi connectivity index (χ1v) is 5.77. The van der Waals surface area contributed by atoms with Crippen LogP contribution in [-0.2, 0) is 6.42 Å². The van der Waals surface area contributed by atoms with Crippen molar-refractivity contribution in [3.8, 4) is 0 Å². The first kappa shape index (κ1) is 10.7. The van der Waals surface area contributed by atoms with E-state index in [1.165, 1.54) is 12.0 Å². The summed E-state index contributed by atoms with van der Waals surface area (Å²) in [5, 5.41) is 0. The van der Waals surface area contributed by atoms with Crippen LogP contribution in [0.25, 0.3) is 0 Å². The van der Waals surface area contributed by atoms with Crippen LogP contribution in [0.1, 0.15) is 50.7 Å². The molecule has 1 aromatic rings. The molecule has 0 N–H and O–H groups in total. The van der Waals surface area contributed by atoms with Crippen molar-refractivity contribution in [2.75, 3.05) is 0 Å². The van der Waals surface area contributed by atoms with Gasteiger partial charge in [-0.05, 0) is 47.8 Å². The lowest BCUT2D eigenvalue weighted by molar-refractivity contribution is 0.287. The summed E-state index contributed by atoms with van der Waals surface area (Å²) >= 11 is 0. The first-order valence-electron chi connectivity index (χ1n) is 5.77. The molecule has 0 aromatic heterocycles. The molecule has 1 aliphatic carbocycles. The molecule has 1 aliphatic rings. The molecule has 0 heterocycles. The van der Waals surface area contributed by atoms with Crippen molar-refractivity contribution in [1.29, 1.82) is 0 Å². The molecule has 0 amide bonds. The average Bonchev–Trinajstić information content (AvgIpc) is 2.16. The lowest BCUT2D eigenvalue weighted by Crippen LogP contribution is -2.23. The molecule has 82 valence electrons. The molecule has 0 radical (unpaired) electrons. The van der Waals surface area contributed by atoms with Gasteiger partial charge in [0.05, 0.1) is 0 Å². The molecule has 2 rings (SSSR count). The third-order valence-electron chi connectivity index (χ3n) is 3.50. The number of halogens is 1. The van der Waals surface area contributed by atoms with Gasteiger partial charge in [0.2, 0.25) is 0 Å². The van der Waals surface area contributed by atoms with Crippen LogP contribution in [0.2, 0.25) is 0 Å². The zero-order chi connectivity index (χ0) is 11.1. The van der Waals surface area contributed by atoms with Crippen molar-refractivity contribution in [3.63, 3.8) is 0 Å². The van der Waals surface area contributed by atoms with E-state index in [9.17, 15) is 4.39 Å². The Morgan fingerprint density at radius 1 is 1.27 bits per heavy atom. The fourth-order valence-corrected chi connectivity index (χ4v) is 2.70. The molecule has 1 heteroatoms. The Kier molecular flexibility index (Phi) is 2.57. The maximum atomic E-state index is 13.6. The number of benzene rings is 1. The summed E-state index contributed by atoms with van der Waals surface area (Å²) in [4.78, 5) is 0. The van der Waals surface area contributed by atoms with Crippen LogP contribution in [0, 0.1) is 11.2 Å². The van der Waals surface area contributed by atoms with E-state index in [0.717, 1.165) is 18.4 Å². The molecule has 0 saturated heterocycles. The van der Waals surface area contributed by atoms with Gasteiger partial charge in [0.25, 0.3) is 0 Å². The van der Waals surface area contributed by atoms with E-state index in [0.29, 0.717) is 5.92 Å². The maximum Gasteiger partial charge on any atom is 0.126 e. The highest BCUT2D eigenvalue weighted by atomic mass is 19.1. The lowest BCUT2D eigenvalue weighted by Gasteiger charge is -2.35.